The summed E-state index contributed by atoms with van der Waals surface area (Å²) in [4.78, 5) is 12.0. The molecule has 0 aliphatic carbocycles. The molecule has 2 aromatic carbocycles. The molecule has 1 N–H and O–H groups in total. The lowest BCUT2D eigenvalue weighted by atomic mass is 10.0. The fraction of sp³-hybridized carbons (Fsp3) is 0.211. The van der Waals surface area contributed by atoms with Crippen LogP contribution >= 0.6 is 0 Å². The number of halogens is 2. The Labute approximate surface area is 139 Å². The Balaban J connectivity index is 1.67. The smallest absolute Gasteiger partial charge is 0.244 e. The number of benzene rings is 2. The van der Waals surface area contributed by atoms with Gasteiger partial charge in [-0.05, 0) is 48.4 Å². The van der Waals surface area contributed by atoms with Gasteiger partial charge in [0.15, 0.2) is 0 Å². The zero-order chi connectivity index (χ0) is 17.1. The number of ether oxygens (including phenoxy) is 1. The van der Waals surface area contributed by atoms with E-state index in [2.05, 4.69) is 5.32 Å². The molecule has 1 heterocycles. The normalized spacial score (nSPS) is 14.3. The number of carbonyl (C=O) groups excluding carboxylic acids is 1. The number of hydrogen-bond donors (Lipinski definition) is 1. The molecule has 2 aromatic rings. The highest BCUT2D eigenvalue weighted by Crippen LogP contribution is 2.28. The monoisotopic (exact) mass is 329 g/mol. The second kappa shape index (κ2) is 6.83. The van der Waals surface area contributed by atoms with E-state index in [-0.39, 0.29) is 11.6 Å². The van der Waals surface area contributed by atoms with Crippen molar-refractivity contribution in [3.05, 3.63) is 70.8 Å². The zero-order valence-electron chi connectivity index (χ0n) is 13.2. The van der Waals surface area contributed by atoms with Crippen LogP contribution in [0, 0.1) is 11.6 Å². The molecular formula is C19H17F2NO2. The summed E-state index contributed by atoms with van der Waals surface area (Å²) in [6, 6.07) is 9.15. The van der Waals surface area contributed by atoms with Gasteiger partial charge in [-0.15, -0.1) is 0 Å². The third kappa shape index (κ3) is 3.45. The lowest BCUT2D eigenvalue weighted by Gasteiger charge is -2.14. The Hall–Kier alpha value is -2.69. The largest absolute Gasteiger partial charge is 0.493 e. The van der Waals surface area contributed by atoms with Gasteiger partial charge in [-0.3, -0.25) is 4.79 Å². The summed E-state index contributed by atoms with van der Waals surface area (Å²) in [7, 11) is 0. The molecule has 3 rings (SSSR count). The van der Waals surface area contributed by atoms with Crippen LogP contribution in [0.1, 0.15) is 29.7 Å². The maximum Gasteiger partial charge on any atom is 0.244 e. The van der Waals surface area contributed by atoms with Gasteiger partial charge in [0.2, 0.25) is 5.91 Å². The second-order valence-corrected chi connectivity index (χ2v) is 5.66. The topological polar surface area (TPSA) is 38.3 Å². The van der Waals surface area contributed by atoms with Crippen LogP contribution in [0.15, 0.2) is 42.5 Å². The van der Waals surface area contributed by atoms with Crippen molar-refractivity contribution in [2.75, 3.05) is 6.61 Å². The summed E-state index contributed by atoms with van der Waals surface area (Å²) in [6.07, 6.45) is 3.13. The van der Waals surface area contributed by atoms with Crippen LogP contribution in [0.3, 0.4) is 0 Å². The van der Waals surface area contributed by atoms with Crippen LogP contribution < -0.4 is 10.1 Å². The SMILES string of the molecule is CC(NC(=O)/C=C/c1c(F)cccc1F)c1ccc2c(c1)CCO2. The second-order valence-electron chi connectivity index (χ2n) is 5.66. The van der Waals surface area contributed by atoms with Crippen molar-refractivity contribution >= 4 is 12.0 Å². The third-order valence-corrected chi connectivity index (χ3v) is 3.97. The molecule has 0 saturated carbocycles. The summed E-state index contributed by atoms with van der Waals surface area (Å²) in [6.45, 7) is 2.53. The molecule has 0 fully saturated rings. The fourth-order valence-corrected chi connectivity index (χ4v) is 2.65. The van der Waals surface area contributed by atoms with Crippen molar-refractivity contribution in [2.45, 2.75) is 19.4 Å². The molecule has 1 aliphatic heterocycles. The van der Waals surface area contributed by atoms with E-state index in [0.29, 0.717) is 6.61 Å². The van der Waals surface area contributed by atoms with Crippen molar-refractivity contribution in [2.24, 2.45) is 0 Å². The molecule has 124 valence electrons. The Kier molecular flexibility index (Phi) is 4.60. The van der Waals surface area contributed by atoms with Crippen molar-refractivity contribution in [3.63, 3.8) is 0 Å². The molecule has 1 amide bonds. The van der Waals surface area contributed by atoms with E-state index in [4.69, 9.17) is 4.74 Å². The lowest BCUT2D eigenvalue weighted by molar-refractivity contribution is -0.117. The molecule has 5 heteroatoms. The molecule has 0 aromatic heterocycles. The number of nitrogens with one attached hydrogen (secondary N) is 1. The first-order chi connectivity index (χ1) is 11.5. The zero-order valence-corrected chi connectivity index (χ0v) is 13.2. The fourth-order valence-electron chi connectivity index (χ4n) is 2.65. The molecule has 1 atom stereocenters. The minimum absolute atomic E-state index is 0.224. The van der Waals surface area contributed by atoms with Crippen LogP contribution in [0.4, 0.5) is 8.78 Å². The van der Waals surface area contributed by atoms with E-state index in [1.807, 2.05) is 25.1 Å². The summed E-state index contributed by atoms with van der Waals surface area (Å²) < 4.78 is 32.5. The number of rotatable bonds is 4. The molecule has 1 unspecified atom stereocenters. The Morgan fingerprint density at radius 2 is 2.00 bits per heavy atom. The maximum atomic E-state index is 13.5. The minimum Gasteiger partial charge on any atom is -0.493 e. The first-order valence-corrected chi connectivity index (χ1v) is 7.73. The van der Waals surface area contributed by atoms with Gasteiger partial charge in [0.1, 0.15) is 17.4 Å². The van der Waals surface area contributed by atoms with Crippen molar-refractivity contribution in [3.8, 4) is 5.75 Å². The molecule has 0 spiro atoms. The van der Waals surface area contributed by atoms with E-state index in [1.54, 1.807) is 0 Å². The van der Waals surface area contributed by atoms with Crippen LogP contribution in [-0.2, 0) is 11.2 Å². The lowest BCUT2D eigenvalue weighted by Crippen LogP contribution is -2.24. The average Bonchev–Trinajstić information content (AvgIpc) is 3.01. The van der Waals surface area contributed by atoms with Gasteiger partial charge in [0.05, 0.1) is 12.6 Å². The number of carbonyl (C=O) groups is 1. The molecule has 1 aliphatic rings. The highest BCUT2D eigenvalue weighted by Gasteiger charge is 2.15. The highest BCUT2D eigenvalue weighted by molar-refractivity contribution is 5.92. The van der Waals surface area contributed by atoms with Crippen LogP contribution in [-0.4, -0.2) is 12.5 Å². The van der Waals surface area contributed by atoms with Gasteiger partial charge in [0, 0.05) is 18.1 Å². The number of hydrogen-bond acceptors (Lipinski definition) is 2. The molecule has 0 radical (unpaired) electrons. The molecule has 0 bridgehead atoms. The quantitative estimate of drug-likeness (QED) is 0.867. The predicted octanol–water partition coefficient (Wildman–Crippen LogP) is 3.79. The van der Waals surface area contributed by atoms with Crippen molar-refractivity contribution < 1.29 is 18.3 Å². The number of amides is 1. The van der Waals surface area contributed by atoms with E-state index >= 15 is 0 Å². The Morgan fingerprint density at radius 3 is 2.75 bits per heavy atom. The van der Waals surface area contributed by atoms with E-state index < -0.39 is 17.5 Å². The van der Waals surface area contributed by atoms with Gasteiger partial charge in [0.25, 0.3) is 0 Å². The molecule has 0 saturated heterocycles. The summed E-state index contributed by atoms with van der Waals surface area (Å²) in [5, 5.41) is 2.79. The average molecular weight is 329 g/mol. The maximum absolute atomic E-state index is 13.5. The van der Waals surface area contributed by atoms with Crippen molar-refractivity contribution in [1.29, 1.82) is 0 Å². The van der Waals surface area contributed by atoms with Crippen LogP contribution in [0.5, 0.6) is 5.75 Å². The van der Waals surface area contributed by atoms with Crippen LogP contribution in [0.25, 0.3) is 6.08 Å². The van der Waals surface area contributed by atoms with E-state index in [1.165, 1.54) is 6.07 Å². The van der Waals surface area contributed by atoms with Crippen LogP contribution in [0.2, 0.25) is 0 Å². The first-order valence-electron chi connectivity index (χ1n) is 7.73. The number of fused-ring (bicyclic) bond motifs is 1. The Morgan fingerprint density at radius 1 is 1.25 bits per heavy atom. The molecular weight excluding hydrogens is 312 g/mol. The molecule has 3 nitrogen and oxygen atoms in total. The van der Waals surface area contributed by atoms with Gasteiger partial charge in [-0.1, -0.05) is 12.1 Å². The van der Waals surface area contributed by atoms with Gasteiger partial charge >= 0.3 is 0 Å². The molecule has 24 heavy (non-hydrogen) atoms. The van der Waals surface area contributed by atoms with Crippen molar-refractivity contribution in [1.82, 2.24) is 5.32 Å². The third-order valence-electron chi connectivity index (χ3n) is 3.97. The van der Waals surface area contributed by atoms with Gasteiger partial charge in [-0.2, -0.15) is 0 Å². The summed E-state index contributed by atoms with van der Waals surface area (Å²) in [5.74, 6) is -0.939. The first kappa shape index (κ1) is 16.2. The highest BCUT2D eigenvalue weighted by atomic mass is 19.1. The van der Waals surface area contributed by atoms with Gasteiger partial charge < -0.3 is 10.1 Å². The van der Waals surface area contributed by atoms with E-state index in [0.717, 1.165) is 47.6 Å². The Bertz CT molecular complexity index is 782. The van der Waals surface area contributed by atoms with Gasteiger partial charge in [-0.25, -0.2) is 8.78 Å². The summed E-state index contributed by atoms with van der Waals surface area (Å²) >= 11 is 0. The summed E-state index contributed by atoms with van der Waals surface area (Å²) in [5.41, 5.74) is 1.85. The van der Waals surface area contributed by atoms with E-state index in [9.17, 15) is 13.6 Å². The standard InChI is InChI=1S/C19H17F2NO2/c1-12(13-5-7-18-14(11-13)9-10-24-18)22-19(23)8-6-15-16(20)3-2-4-17(15)21/h2-8,11-12H,9-10H2,1H3,(H,22,23)/b8-6+. The predicted molar refractivity (Wildman–Crippen MR) is 87.6 cm³/mol. The minimum atomic E-state index is -0.703.